The summed E-state index contributed by atoms with van der Waals surface area (Å²) in [5.41, 5.74) is 4.73. The molecule has 5 nitrogen and oxygen atoms in total. The SMILES string of the molecule is Cc1cc(C)cc(C(O)(c2cc(C)cc(C)c2)[C@@H]2CCCN2C(=O)c2nccn2C)c1. The predicted molar refractivity (Wildman–Crippen MR) is 122 cm³/mol. The maximum atomic E-state index is 13.4. The lowest BCUT2D eigenvalue weighted by atomic mass is 9.77. The summed E-state index contributed by atoms with van der Waals surface area (Å²) in [6.45, 7) is 8.79. The number of carbonyl (C=O) groups excluding carboxylic acids is 1. The number of amides is 1. The minimum absolute atomic E-state index is 0.137. The van der Waals surface area contributed by atoms with Crippen LogP contribution in [0.2, 0.25) is 0 Å². The molecule has 0 saturated carbocycles. The van der Waals surface area contributed by atoms with Crippen LogP contribution < -0.4 is 0 Å². The Labute approximate surface area is 184 Å². The Bertz CT molecular complexity index is 1040. The summed E-state index contributed by atoms with van der Waals surface area (Å²) in [4.78, 5) is 19.5. The number of rotatable bonds is 4. The summed E-state index contributed by atoms with van der Waals surface area (Å²) in [5.74, 6) is 0.261. The number of aromatic nitrogens is 2. The summed E-state index contributed by atoms with van der Waals surface area (Å²) >= 11 is 0. The van der Waals surface area contributed by atoms with Crippen molar-refractivity contribution in [1.29, 1.82) is 0 Å². The van der Waals surface area contributed by atoms with Gasteiger partial charge in [0.2, 0.25) is 0 Å². The van der Waals surface area contributed by atoms with Crippen LogP contribution in [0.25, 0.3) is 0 Å². The van der Waals surface area contributed by atoms with E-state index in [1.807, 2.05) is 63.9 Å². The number of hydrogen-bond donors (Lipinski definition) is 1. The van der Waals surface area contributed by atoms with Crippen LogP contribution in [-0.2, 0) is 12.6 Å². The summed E-state index contributed by atoms with van der Waals surface area (Å²) < 4.78 is 1.74. The molecule has 5 heteroatoms. The highest BCUT2D eigenvalue weighted by Crippen LogP contribution is 2.42. The Kier molecular flexibility index (Phi) is 5.48. The fourth-order valence-electron chi connectivity index (χ4n) is 5.09. The van der Waals surface area contributed by atoms with Gasteiger partial charge in [-0.05, 0) is 51.7 Å². The molecule has 1 atom stereocenters. The Balaban J connectivity index is 1.89. The first-order valence-electron chi connectivity index (χ1n) is 10.9. The molecule has 1 fully saturated rings. The lowest BCUT2D eigenvalue weighted by Crippen LogP contribution is -2.51. The number of carbonyl (C=O) groups is 1. The lowest BCUT2D eigenvalue weighted by molar-refractivity contribution is -0.00143. The van der Waals surface area contributed by atoms with Gasteiger partial charge in [-0.2, -0.15) is 0 Å². The van der Waals surface area contributed by atoms with Crippen molar-refractivity contribution in [3.05, 3.63) is 88.0 Å². The highest BCUT2D eigenvalue weighted by molar-refractivity contribution is 5.91. The second-order valence-electron chi connectivity index (χ2n) is 9.04. The van der Waals surface area contributed by atoms with Gasteiger partial charge >= 0.3 is 0 Å². The van der Waals surface area contributed by atoms with E-state index in [1.165, 1.54) is 0 Å². The topological polar surface area (TPSA) is 58.4 Å². The van der Waals surface area contributed by atoms with Gasteiger partial charge in [-0.1, -0.05) is 58.7 Å². The van der Waals surface area contributed by atoms with Crippen LogP contribution in [0.3, 0.4) is 0 Å². The van der Waals surface area contributed by atoms with E-state index in [2.05, 4.69) is 17.1 Å². The molecule has 4 rings (SSSR count). The average molecular weight is 418 g/mol. The molecule has 0 radical (unpaired) electrons. The number of benzene rings is 2. The molecule has 2 aromatic carbocycles. The first-order chi connectivity index (χ1) is 14.7. The molecule has 1 saturated heterocycles. The third-order valence-corrected chi connectivity index (χ3v) is 6.33. The summed E-state index contributed by atoms with van der Waals surface area (Å²) in [6.07, 6.45) is 4.99. The Hall–Kier alpha value is -2.92. The molecule has 1 aliphatic heterocycles. The van der Waals surface area contributed by atoms with Crippen molar-refractivity contribution in [2.24, 2.45) is 7.05 Å². The predicted octanol–water partition coefficient (Wildman–Crippen LogP) is 4.19. The van der Waals surface area contributed by atoms with Crippen LogP contribution in [0.15, 0.2) is 48.8 Å². The highest BCUT2D eigenvalue weighted by Gasteiger charge is 2.48. The number of nitrogens with zero attached hydrogens (tertiary/aromatic N) is 3. The molecule has 1 aromatic heterocycles. The lowest BCUT2D eigenvalue weighted by Gasteiger charge is -2.40. The van der Waals surface area contributed by atoms with Gasteiger partial charge in [0, 0.05) is 26.0 Å². The minimum Gasteiger partial charge on any atom is -0.378 e. The van der Waals surface area contributed by atoms with Gasteiger partial charge in [0.05, 0.1) is 6.04 Å². The van der Waals surface area contributed by atoms with Crippen LogP contribution in [-0.4, -0.2) is 38.1 Å². The van der Waals surface area contributed by atoms with Crippen LogP contribution in [0.4, 0.5) is 0 Å². The van der Waals surface area contributed by atoms with Gasteiger partial charge in [0.1, 0.15) is 5.60 Å². The van der Waals surface area contributed by atoms with Gasteiger partial charge in [0.25, 0.3) is 5.91 Å². The number of aryl methyl sites for hydroxylation is 5. The maximum absolute atomic E-state index is 13.4. The molecule has 2 heterocycles. The molecule has 0 bridgehead atoms. The fourth-order valence-corrected chi connectivity index (χ4v) is 5.09. The van der Waals surface area contributed by atoms with Crippen molar-refractivity contribution < 1.29 is 9.90 Å². The van der Waals surface area contributed by atoms with Gasteiger partial charge in [0.15, 0.2) is 5.82 Å². The Morgan fingerprint density at radius 1 is 0.968 bits per heavy atom. The fraction of sp³-hybridized carbons (Fsp3) is 0.385. The number of likely N-dealkylation sites (tertiary alicyclic amines) is 1. The zero-order valence-electron chi connectivity index (χ0n) is 19.0. The Morgan fingerprint density at radius 2 is 1.48 bits per heavy atom. The minimum atomic E-state index is -1.31. The quantitative estimate of drug-likeness (QED) is 0.692. The van der Waals surface area contributed by atoms with Crippen LogP contribution >= 0.6 is 0 Å². The molecule has 3 aromatic rings. The van der Waals surface area contributed by atoms with Gasteiger partial charge in [-0.3, -0.25) is 4.79 Å². The normalized spacial score (nSPS) is 16.7. The zero-order chi connectivity index (χ0) is 22.3. The van der Waals surface area contributed by atoms with E-state index >= 15 is 0 Å². The molecule has 1 amide bonds. The monoisotopic (exact) mass is 417 g/mol. The first kappa shape index (κ1) is 21.3. The third-order valence-electron chi connectivity index (χ3n) is 6.33. The average Bonchev–Trinajstić information content (AvgIpc) is 3.34. The van der Waals surface area contributed by atoms with Crippen molar-refractivity contribution in [3.63, 3.8) is 0 Å². The molecule has 162 valence electrons. The van der Waals surface area contributed by atoms with E-state index in [4.69, 9.17) is 0 Å². The number of hydrogen-bond acceptors (Lipinski definition) is 3. The highest BCUT2D eigenvalue weighted by atomic mass is 16.3. The number of imidazole rings is 1. The summed E-state index contributed by atoms with van der Waals surface area (Å²) in [7, 11) is 1.82. The van der Waals surface area contributed by atoms with E-state index in [1.54, 1.807) is 17.0 Å². The molecule has 0 aliphatic carbocycles. The van der Waals surface area contributed by atoms with Gasteiger partial charge in [-0.15, -0.1) is 0 Å². The van der Waals surface area contributed by atoms with E-state index in [-0.39, 0.29) is 11.9 Å². The van der Waals surface area contributed by atoms with Gasteiger partial charge in [-0.25, -0.2) is 4.98 Å². The zero-order valence-corrected chi connectivity index (χ0v) is 19.0. The first-order valence-corrected chi connectivity index (χ1v) is 10.9. The van der Waals surface area contributed by atoms with E-state index < -0.39 is 5.60 Å². The molecule has 0 spiro atoms. The second kappa shape index (κ2) is 7.97. The molecular weight excluding hydrogens is 386 g/mol. The van der Waals surface area contributed by atoms with Crippen LogP contribution in [0, 0.1) is 27.7 Å². The molecule has 0 unspecified atom stereocenters. The van der Waals surface area contributed by atoms with Crippen molar-refractivity contribution in [1.82, 2.24) is 14.5 Å². The summed E-state index contributed by atoms with van der Waals surface area (Å²) in [5, 5.41) is 12.5. The van der Waals surface area contributed by atoms with Crippen molar-refractivity contribution in [3.8, 4) is 0 Å². The molecule has 1 N–H and O–H groups in total. The second-order valence-corrected chi connectivity index (χ2v) is 9.04. The molecule has 1 aliphatic rings. The van der Waals surface area contributed by atoms with E-state index in [0.29, 0.717) is 12.4 Å². The smallest absolute Gasteiger partial charge is 0.290 e. The van der Waals surface area contributed by atoms with E-state index in [9.17, 15) is 9.90 Å². The van der Waals surface area contributed by atoms with Crippen molar-refractivity contribution in [2.75, 3.05) is 6.54 Å². The standard InChI is InChI=1S/C26H31N3O2/c1-17-11-18(2)14-21(13-17)26(31,22-15-19(3)12-20(4)16-22)23-7-6-9-29(23)25(30)24-27-8-10-28(24)5/h8,10-16,23,31H,6-7,9H2,1-5H3/t23-/m0/s1. The maximum Gasteiger partial charge on any atom is 0.290 e. The van der Waals surface area contributed by atoms with Gasteiger partial charge < -0.3 is 14.6 Å². The van der Waals surface area contributed by atoms with Crippen molar-refractivity contribution >= 4 is 5.91 Å². The van der Waals surface area contributed by atoms with Crippen LogP contribution in [0.5, 0.6) is 0 Å². The molecular formula is C26H31N3O2. The van der Waals surface area contributed by atoms with Crippen molar-refractivity contribution in [2.45, 2.75) is 52.2 Å². The van der Waals surface area contributed by atoms with E-state index in [0.717, 1.165) is 46.2 Å². The molecule has 31 heavy (non-hydrogen) atoms. The third kappa shape index (κ3) is 3.79. The van der Waals surface area contributed by atoms with Crippen LogP contribution in [0.1, 0.15) is 56.8 Å². The summed E-state index contributed by atoms with van der Waals surface area (Å²) in [6, 6.07) is 12.0. The number of aliphatic hydroxyl groups is 1. The largest absolute Gasteiger partial charge is 0.378 e. The Morgan fingerprint density at radius 3 is 1.94 bits per heavy atom.